The SMILES string of the molecule is Cc1cc(C)n(C2CN(c3nc(-c4ccccn4)nc4c3c(C)nn4C)C2)n1. The van der Waals surface area contributed by atoms with E-state index in [2.05, 4.69) is 37.8 Å². The van der Waals surface area contributed by atoms with Gasteiger partial charge in [-0.15, -0.1) is 0 Å². The summed E-state index contributed by atoms with van der Waals surface area (Å²) >= 11 is 0. The number of aryl methyl sites for hydroxylation is 4. The molecule has 1 saturated heterocycles. The Balaban J connectivity index is 1.56. The Hall–Kier alpha value is -3.29. The molecule has 5 rings (SSSR count). The fraction of sp³-hybridized carbons (Fsp3) is 0.350. The lowest BCUT2D eigenvalue weighted by Crippen LogP contribution is -2.49. The first-order valence-corrected chi connectivity index (χ1v) is 9.41. The van der Waals surface area contributed by atoms with Gasteiger partial charge in [-0.05, 0) is 39.0 Å². The Labute approximate surface area is 162 Å². The zero-order valence-corrected chi connectivity index (χ0v) is 16.5. The third-order valence-electron chi connectivity index (χ3n) is 5.29. The molecular weight excluding hydrogens is 352 g/mol. The van der Waals surface area contributed by atoms with Gasteiger partial charge in [0, 0.05) is 32.0 Å². The van der Waals surface area contributed by atoms with Crippen molar-refractivity contribution in [3.63, 3.8) is 0 Å². The molecule has 0 aliphatic carbocycles. The first kappa shape index (κ1) is 16.9. The smallest absolute Gasteiger partial charge is 0.182 e. The lowest BCUT2D eigenvalue weighted by atomic mass is 10.1. The van der Waals surface area contributed by atoms with E-state index in [9.17, 15) is 0 Å². The van der Waals surface area contributed by atoms with Crippen LogP contribution in [-0.2, 0) is 7.05 Å². The van der Waals surface area contributed by atoms with Gasteiger partial charge in [-0.3, -0.25) is 14.3 Å². The number of hydrogen-bond donors (Lipinski definition) is 0. The van der Waals surface area contributed by atoms with Gasteiger partial charge < -0.3 is 4.90 Å². The van der Waals surface area contributed by atoms with Crippen molar-refractivity contribution in [3.8, 4) is 11.5 Å². The van der Waals surface area contributed by atoms with Crippen LogP contribution < -0.4 is 4.90 Å². The monoisotopic (exact) mass is 374 g/mol. The van der Waals surface area contributed by atoms with Gasteiger partial charge in [-0.2, -0.15) is 10.2 Å². The van der Waals surface area contributed by atoms with Crippen LogP contribution in [0.1, 0.15) is 23.1 Å². The number of hydrogen-bond acceptors (Lipinski definition) is 6. The molecule has 8 heteroatoms. The fourth-order valence-electron chi connectivity index (χ4n) is 3.95. The number of nitrogens with zero attached hydrogens (tertiary/aromatic N) is 8. The second-order valence-electron chi connectivity index (χ2n) is 7.42. The molecule has 1 aliphatic heterocycles. The normalized spacial score (nSPS) is 14.6. The molecule has 4 aromatic rings. The highest BCUT2D eigenvalue weighted by molar-refractivity contribution is 5.91. The molecule has 28 heavy (non-hydrogen) atoms. The summed E-state index contributed by atoms with van der Waals surface area (Å²) in [6.07, 6.45) is 1.76. The van der Waals surface area contributed by atoms with Crippen LogP contribution >= 0.6 is 0 Å². The standard InChI is InChI=1S/C20H22N8/c1-12-9-13(2)28(24-12)15-10-27(11-15)20-17-14(3)25-26(4)19(17)22-18(23-20)16-7-5-6-8-21-16/h5-9,15H,10-11H2,1-4H3. The summed E-state index contributed by atoms with van der Waals surface area (Å²) in [5.41, 5.74) is 4.79. The van der Waals surface area contributed by atoms with E-state index in [1.54, 1.807) is 6.20 Å². The quantitative estimate of drug-likeness (QED) is 0.549. The minimum atomic E-state index is 0.356. The number of rotatable bonds is 3. The van der Waals surface area contributed by atoms with E-state index in [4.69, 9.17) is 9.97 Å². The highest BCUT2D eigenvalue weighted by atomic mass is 15.4. The van der Waals surface area contributed by atoms with E-state index >= 15 is 0 Å². The maximum absolute atomic E-state index is 4.89. The third kappa shape index (κ3) is 2.56. The van der Waals surface area contributed by atoms with Crippen LogP contribution in [0, 0.1) is 20.8 Å². The molecule has 1 aliphatic rings. The van der Waals surface area contributed by atoms with Crippen LogP contribution in [0.3, 0.4) is 0 Å². The molecule has 0 saturated carbocycles. The Bertz CT molecular complexity index is 1170. The number of pyridine rings is 1. The average Bonchev–Trinajstić information content (AvgIpc) is 3.12. The first-order valence-electron chi connectivity index (χ1n) is 9.41. The molecule has 0 amide bonds. The molecule has 0 bridgehead atoms. The molecule has 0 N–H and O–H groups in total. The lowest BCUT2D eigenvalue weighted by Gasteiger charge is -2.41. The molecule has 142 valence electrons. The molecule has 1 fully saturated rings. The second-order valence-corrected chi connectivity index (χ2v) is 7.42. The topological polar surface area (TPSA) is 77.5 Å². The third-order valence-corrected chi connectivity index (χ3v) is 5.29. The summed E-state index contributed by atoms with van der Waals surface area (Å²) in [5.74, 6) is 1.55. The summed E-state index contributed by atoms with van der Waals surface area (Å²) in [7, 11) is 1.92. The van der Waals surface area contributed by atoms with Gasteiger partial charge in [0.25, 0.3) is 0 Å². The summed E-state index contributed by atoms with van der Waals surface area (Å²) in [6.45, 7) is 7.88. The van der Waals surface area contributed by atoms with E-state index in [-0.39, 0.29) is 0 Å². The van der Waals surface area contributed by atoms with Gasteiger partial charge in [0.2, 0.25) is 0 Å². The highest BCUT2D eigenvalue weighted by Gasteiger charge is 2.33. The minimum Gasteiger partial charge on any atom is -0.351 e. The molecule has 0 aromatic carbocycles. The maximum Gasteiger partial charge on any atom is 0.182 e. The number of fused-ring (bicyclic) bond motifs is 1. The van der Waals surface area contributed by atoms with Crippen molar-refractivity contribution in [3.05, 3.63) is 47.5 Å². The molecule has 4 aromatic heterocycles. The second kappa shape index (κ2) is 6.12. The van der Waals surface area contributed by atoms with Crippen molar-refractivity contribution in [2.45, 2.75) is 26.8 Å². The van der Waals surface area contributed by atoms with Gasteiger partial charge >= 0.3 is 0 Å². The van der Waals surface area contributed by atoms with Crippen LogP contribution in [0.4, 0.5) is 5.82 Å². The molecule has 0 spiro atoms. The predicted octanol–water partition coefficient (Wildman–Crippen LogP) is 2.61. The van der Waals surface area contributed by atoms with Crippen molar-refractivity contribution in [2.24, 2.45) is 7.05 Å². The van der Waals surface area contributed by atoms with Gasteiger partial charge in [0.15, 0.2) is 11.5 Å². The van der Waals surface area contributed by atoms with Crippen molar-refractivity contribution >= 4 is 16.9 Å². The van der Waals surface area contributed by atoms with E-state index in [0.29, 0.717) is 11.9 Å². The molecule has 0 unspecified atom stereocenters. The van der Waals surface area contributed by atoms with E-state index in [0.717, 1.165) is 47.0 Å². The lowest BCUT2D eigenvalue weighted by molar-refractivity contribution is 0.359. The summed E-state index contributed by atoms with van der Waals surface area (Å²) in [4.78, 5) is 16.3. The molecule has 0 atom stereocenters. The van der Waals surface area contributed by atoms with Crippen molar-refractivity contribution in [1.82, 2.24) is 34.5 Å². The number of aromatic nitrogens is 7. The molecule has 0 radical (unpaired) electrons. The van der Waals surface area contributed by atoms with E-state index < -0.39 is 0 Å². The van der Waals surface area contributed by atoms with Gasteiger partial charge in [-0.25, -0.2) is 9.97 Å². The predicted molar refractivity (Wildman–Crippen MR) is 107 cm³/mol. The summed E-state index contributed by atoms with van der Waals surface area (Å²) < 4.78 is 3.94. The molecule has 5 heterocycles. The van der Waals surface area contributed by atoms with Crippen LogP contribution in [0.25, 0.3) is 22.6 Å². The Kier molecular flexibility index (Phi) is 3.68. The highest BCUT2D eigenvalue weighted by Crippen LogP contribution is 2.34. The van der Waals surface area contributed by atoms with E-state index in [1.807, 2.05) is 43.8 Å². The summed E-state index contributed by atoms with van der Waals surface area (Å²) in [6, 6.07) is 8.26. The zero-order chi connectivity index (χ0) is 19.4. The Morgan fingerprint density at radius 2 is 1.86 bits per heavy atom. The zero-order valence-electron chi connectivity index (χ0n) is 16.5. The molecular formula is C20H22N8. The summed E-state index contributed by atoms with van der Waals surface area (Å²) in [5, 5.41) is 10.2. The first-order chi connectivity index (χ1) is 13.5. The Morgan fingerprint density at radius 3 is 2.54 bits per heavy atom. The van der Waals surface area contributed by atoms with Crippen molar-refractivity contribution in [2.75, 3.05) is 18.0 Å². The van der Waals surface area contributed by atoms with Gasteiger partial charge in [-0.1, -0.05) is 6.07 Å². The van der Waals surface area contributed by atoms with Crippen LogP contribution in [-0.4, -0.2) is 47.6 Å². The van der Waals surface area contributed by atoms with Crippen LogP contribution in [0.2, 0.25) is 0 Å². The van der Waals surface area contributed by atoms with Crippen molar-refractivity contribution < 1.29 is 0 Å². The largest absolute Gasteiger partial charge is 0.351 e. The molecule has 8 nitrogen and oxygen atoms in total. The fourth-order valence-corrected chi connectivity index (χ4v) is 3.95. The minimum absolute atomic E-state index is 0.356. The maximum atomic E-state index is 4.89. The van der Waals surface area contributed by atoms with Crippen molar-refractivity contribution in [1.29, 1.82) is 0 Å². The average molecular weight is 374 g/mol. The number of anilines is 1. The van der Waals surface area contributed by atoms with E-state index in [1.165, 1.54) is 5.69 Å². The van der Waals surface area contributed by atoms with Crippen LogP contribution in [0.5, 0.6) is 0 Å². The van der Waals surface area contributed by atoms with Gasteiger partial charge in [0.05, 0.1) is 22.8 Å². The Morgan fingerprint density at radius 1 is 1.04 bits per heavy atom. The van der Waals surface area contributed by atoms with Crippen LogP contribution in [0.15, 0.2) is 30.5 Å². The van der Waals surface area contributed by atoms with Gasteiger partial charge in [0.1, 0.15) is 11.5 Å².